The summed E-state index contributed by atoms with van der Waals surface area (Å²) in [5.74, 6) is -0.738. The highest BCUT2D eigenvalue weighted by atomic mass is 35.5. The summed E-state index contributed by atoms with van der Waals surface area (Å²) in [4.78, 5) is 11.0. The largest absolute Gasteiger partial charge is 0.396 e. The molecule has 0 aliphatic rings. The summed E-state index contributed by atoms with van der Waals surface area (Å²) in [6, 6.07) is 3.04. The Balaban J connectivity index is 2.84. The Morgan fingerprint density at radius 1 is 1.19 bits per heavy atom. The first-order valence-corrected chi connectivity index (χ1v) is 4.97. The Kier molecular flexibility index (Phi) is 2.57. The first-order chi connectivity index (χ1) is 7.50. The Hall–Kier alpha value is -1.59. The number of anilines is 1. The molecule has 0 spiro atoms. The van der Waals surface area contributed by atoms with E-state index in [2.05, 4.69) is 10.2 Å². The molecule has 7 heteroatoms. The van der Waals surface area contributed by atoms with E-state index < -0.39 is 5.91 Å². The molecule has 0 saturated carbocycles. The molecule has 0 aliphatic carbocycles. The predicted octanol–water partition coefficient (Wildman–Crippen LogP) is 1.62. The van der Waals surface area contributed by atoms with E-state index >= 15 is 0 Å². The number of rotatable bonds is 1. The van der Waals surface area contributed by atoms with Crippen molar-refractivity contribution in [2.75, 3.05) is 5.73 Å². The zero-order valence-electron chi connectivity index (χ0n) is 7.87. The van der Waals surface area contributed by atoms with Crippen LogP contribution >= 0.6 is 23.2 Å². The fourth-order valence-corrected chi connectivity index (χ4v) is 1.62. The fourth-order valence-electron chi connectivity index (χ4n) is 1.30. The third kappa shape index (κ3) is 1.64. The molecule has 1 heterocycles. The molecule has 0 radical (unpaired) electrons. The van der Waals surface area contributed by atoms with Gasteiger partial charge in [-0.3, -0.25) is 4.79 Å². The molecule has 4 N–H and O–H groups in total. The van der Waals surface area contributed by atoms with E-state index in [-0.39, 0.29) is 11.4 Å². The second-order valence-electron chi connectivity index (χ2n) is 3.11. The summed E-state index contributed by atoms with van der Waals surface area (Å²) in [6.45, 7) is 0. The topological polar surface area (TPSA) is 94.9 Å². The molecule has 1 aromatic heterocycles. The van der Waals surface area contributed by atoms with Gasteiger partial charge in [0.1, 0.15) is 0 Å². The molecule has 1 aromatic carbocycles. The number of halogens is 2. The molecule has 16 heavy (non-hydrogen) atoms. The number of aromatic nitrogens is 2. The van der Waals surface area contributed by atoms with Crippen molar-refractivity contribution in [2.24, 2.45) is 5.73 Å². The fraction of sp³-hybridized carbons (Fsp3) is 0. The van der Waals surface area contributed by atoms with Gasteiger partial charge in [-0.2, -0.15) is 0 Å². The van der Waals surface area contributed by atoms with E-state index in [1.54, 1.807) is 0 Å². The van der Waals surface area contributed by atoms with Gasteiger partial charge in [0, 0.05) is 5.39 Å². The number of amides is 1. The molecule has 0 aliphatic heterocycles. The minimum absolute atomic E-state index is 0.0779. The van der Waals surface area contributed by atoms with E-state index in [9.17, 15) is 4.79 Å². The quantitative estimate of drug-likeness (QED) is 0.811. The van der Waals surface area contributed by atoms with Gasteiger partial charge >= 0.3 is 0 Å². The Bertz CT molecular complexity index is 600. The second kappa shape index (κ2) is 3.77. The first kappa shape index (κ1) is 10.9. The van der Waals surface area contributed by atoms with Crippen LogP contribution in [0.2, 0.25) is 10.0 Å². The van der Waals surface area contributed by atoms with Crippen molar-refractivity contribution < 1.29 is 4.79 Å². The van der Waals surface area contributed by atoms with Crippen molar-refractivity contribution in [3.63, 3.8) is 0 Å². The minimum atomic E-state index is -0.738. The van der Waals surface area contributed by atoms with E-state index in [0.717, 1.165) is 0 Å². The molecule has 1 amide bonds. The van der Waals surface area contributed by atoms with E-state index in [0.29, 0.717) is 20.9 Å². The lowest BCUT2D eigenvalue weighted by Gasteiger charge is -2.05. The van der Waals surface area contributed by atoms with Crippen molar-refractivity contribution >= 4 is 45.7 Å². The number of primary amides is 1. The SMILES string of the molecule is NC(=O)c1nnc2cc(Cl)c(Cl)cc2c1N. The van der Waals surface area contributed by atoms with Crippen LogP contribution in [0.25, 0.3) is 10.9 Å². The highest BCUT2D eigenvalue weighted by Crippen LogP contribution is 2.30. The van der Waals surface area contributed by atoms with Crippen LogP contribution in [0.3, 0.4) is 0 Å². The molecule has 0 atom stereocenters. The number of fused-ring (bicyclic) bond motifs is 1. The lowest BCUT2D eigenvalue weighted by molar-refractivity contribution is 0.0996. The number of hydrogen-bond acceptors (Lipinski definition) is 4. The molecule has 5 nitrogen and oxygen atoms in total. The maximum atomic E-state index is 11.0. The Labute approximate surface area is 100 Å². The van der Waals surface area contributed by atoms with Crippen LogP contribution in [0.15, 0.2) is 12.1 Å². The number of nitrogen functional groups attached to an aromatic ring is 1. The third-order valence-electron chi connectivity index (χ3n) is 2.08. The van der Waals surface area contributed by atoms with Crippen LogP contribution in [-0.4, -0.2) is 16.1 Å². The molecule has 2 aromatic rings. The van der Waals surface area contributed by atoms with Crippen molar-refractivity contribution in [3.05, 3.63) is 27.9 Å². The van der Waals surface area contributed by atoms with E-state index in [1.165, 1.54) is 12.1 Å². The second-order valence-corrected chi connectivity index (χ2v) is 3.92. The standard InChI is InChI=1S/C9H6Cl2N4O/c10-4-1-3-6(2-5(4)11)14-15-8(7(3)12)9(13)16/h1-2H,(H2,12,14)(H2,13,16). The maximum absolute atomic E-state index is 11.0. The lowest BCUT2D eigenvalue weighted by Crippen LogP contribution is -2.16. The number of carbonyl (C=O) groups is 1. The maximum Gasteiger partial charge on any atom is 0.271 e. The number of benzene rings is 1. The van der Waals surface area contributed by atoms with Gasteiger partial charge in [0.05, 0.1) is 21.2 Å². The first-order valence-electron chi connectivity index (χ1n) is 4.21. The van der Waals surface area contributed by atoms with Gasteiger partial charge in [-0.15, -0.1) is 10.2 Å². The number of hydrogen-bond donors (Lipinski definition) is 2. The van der Waals surface area contributed by atoms with E-state index in [1.807, 2.05) is 0 Å². The molecular formula is C9H6Cl2N4O. The van der Waals surface area contributed by atoms with Crippen LogP contribution in [-0.2, 0) is 0 Å². The monoisotopic (exact) mass is 256 g/mol. The highest BCUT2D eigenvalue weighted by Gasteiger charge is 2.13. The molecule has 82 valence electrons. The number of carbonyl (C=O) groups excluding carboxylic acids is 1. The van der Waals surface area contributed by atoms with Crippen molar-refractivity contribution in [3.8, 4) is 0 Å². The smallest absolute Gasteiger partial charge is 0.271 e. The summed E-state index contributed by atoms with van der Waals surface area (Å²) in [5.41, 5.74) is 11.4. The normalized spacial score (nSPS) is 10.6. The van der Waals surface area contributed by atoms with Gasteiger partial charge in [-0.25, -0.2) is 0 Å². The molecule has 0 saturated heterocycles. The van der Waals surface area contributed by atoms with E-state index in [4.69, 9.17) is 34.7 Å². The summed E-state index contributed by atoms with van der Waals surface area (Å²) in [6.07, 6.45) is 0. The van der Waals surface area contributed by atoms with Crippen LogP contribution in [0.4, 0.5) is 5.69 Å². The molecule has 0 unspecified atom stereocenters. The van der Waals surface area contributed by atoms with Gasteiger partial charge in [0.25, 0.3) is 5.91 Å². The summed E-state index contributed by atoms with van der Waals surface area (Å²) >= 11 is 11.6. The highest BCUT2D eigenvalue weighted by molar-refractivity contribution is 6.42. The summed E-state index contributed by atoms with van der Waals surface area (Å²) in [7, 11) is 0. The molecule has 0 bridgehead atoms. The zero-order valence-corrected chi connectivity index (χ0v) is 9.38. The van der Waals surface area contributed by atoms with Gasteiger partial charge in [-0.1, -0.05) is 23.2 Å². The van der Waals surface area contributed by atoms with Gasteiger partial charge < -0.3 is 11.5 Å². The van der Waals surface area contributed by atoms with Crippen molar-refractivity contribution in [1.29, 1.82) is 0 Å². The summed E-state index contributed by atoms with van der Waals surface area (Å²) in [5, 5.41) is 8.58. The van der Waals surface area contributed by atoms with Crippen LogP contribution in [0, 0.1) is 0 Å². The Morgan fingerprint density at radius 3 is 2.44 bits per heavy atom. The van der Waals surface area contributed by atoms with Gasteiger partial charge in [0.2, 0.25) is 0 Å². The van der Waals surface area contributed by atoms with Crippen LogP contribution in [0.5, 0.6) is 0 Å². The molecule has 0 fully saturated rings. The minimum Gasteiger partial charge on any atom is -0.396 e. The van der Waals surface area contributed by atoms with Crippen molar-refractivity contribution in [1.82, 2.24) is 10.2 Å². The average molecular weight is 257 g/mol. The van der Waals surface area contributed by atoms with Crippen LogP contribution < -0.4 is 11.5 Å². The van der Waals surface area contributed by atoms with Crippen LogP contribution in [0.1, 0.15) is 10.5 Å². The molecular weight excluding hydrogens is 251 g/mol. The van der Waals surface area contributed by atoms with Gasteiger partial charge in [-0.05, 0) is 12.1 Å². The molecule has 2 rings (SSSR count). The number of nitrogens with zero attached hydrogens (tertiary/aromatic N) is 2. The predicted molar refractivity (Wildman–Crippen MR) is 62.5 cm³/mol. The summed E-state index contributed by atoms with van der Waals surface area (Å²) < 4.78 is 0. The van der Waals surface area contributed by atoms with Gasteiger partial charge in [0.15, 0.2) is 5.69 Å². The zero-order chi connectivity index (χ0) is 11.9. The number of nitrogens with two attached hydrogens (primary N) is 2. The third-order valence-corrected chi connectivity index (χ3v) is 2.80. The lowest BCUT2D eigenvalue weighted by atomic mass is 10.1. The van der Waals surface area contributed by atoms with Crippen molar-refractivity contribution in [2.45, 2.75) is 0 Å². The average Bonchev–Trinajstić information content (AvgIpc) is 2.21. The Morgan fingerprint density at radius 2 is 1.81 bits per heavy atom.